The number of aromatic nitrogens is 1. The van der Waals surface area contributed by atoms with Crippen molar-refractivity contribution in [2.45, 2.75) is 6.92 Å². The van der Waals surface area contributed by atoms with E-state index in [1.807, 2.05) is 31.2 Å². The molecule has 15 heavy (non-hydrogen) atoms. The molecule has 0 fully saturated rings. The smallest absolute Gasteiger partial charge is 0.145 e. The quantitative estimate of drug-likeness (QED) is 0.591. The molecule has 3 N–H and O–H groups in total. The van der Waals surface area contributed by atoms with Crippen molar-refractivity contribution in [1.29, 1.82) is 0 Å². The largest absolute Gasteiger partial charge is 0.492 e. The molecule has 0 atom stereocenters. The summed E-state index contributed by atoms with van der Waals surface area (Å²) in [6.07, 6.45) is 1.71. The molecule has 1 aromatic carbocycles. The third kappa shape index (κ3) is 1.71. The second-order valence-electron chi connectivity index (χ2n) is 3.09. The first-order chi connectivity index (χ1) is 7.36. The van der Waals surface area contributed by atoms with E-state index in [0.29, 0.717) is 6.61 Å². The molecular weight excluding hydrogens is 190 g/mol. The average molecular weight is 203 g/mol. The molecule has 4 nitrogen and oxygen atoms in total. The van der Waals surface area contributed by atoms with Gasteiger partial charge in [-0.15, -0.1) is 0 Å². The Bertz CT molecular complexity index is 470. The lowest BCUT2D eigenvalue weighted by atomic mass is 10.2. The lowest BCUT2D eigenvalue weighted by molar-refractivity contribution is 0.343. The van der Waals surface area contributed by atoms with Crippen LogP contribution in [0.2, 0.25) is 0 Å². The first-order valence-corrected chi connectivity index (χ1v) is 4.84. The SMILES string of the molecule is CCOc1cccc2c(NN)ccnc12. The van der Waals surface area contributed by atoms with E-state index >= 15 is 0 Å². The first-order valence-electron chi connectivity index (χ1n) is 4.84. The highest BCUT2D eigenvalue weighted by molar-refractivity contribution is 5.94. The minimum atomic E-state index is 0.626. The normalized spacial score (nSPS) is 10.3. The zero-order valence-corrected chi connectivity index (χ0v) is 8.53. The Morgan fingerprint density at radius 2 is 2.27 bits per heavy atom. The van der Waals surface area contributed by atoms with Crippen molar-refractivity contribution in [3.05, 3.63) is 30.5 Å². The number of pyridine rings is 1. The van der Waals surface area contributed by atoms with Gasteiger partial charge in [-0.1, -0.05) is 12.1 Å². The number of nitrogens with zero attached hydrogens (tertiary/aromatic N) is 1. The van der Waals surface area contributed by atoms with Gasteiger partial charge in [0.15, 0.2) is 0 Å². The number of para-hydroxylation sites is 1. The van der Waals surface area contributed by atoms with Gasteiger partial charge in [-0.2, -0.15) is 0 Å². The minimum Gasteiger partial charge on any atom is -0.492 e. The van der Waals surface area contributed by atoms with Crippen LogP contribution in [0.5, 0.6) is 5.75 Å². The molecule has 2 aromatic rings. The van der Waals surface area contributed by atoms with Gasteiger partial charge in [0.2, 0.25) is 0 Å². The summed E-state index contributed by atoms with van der Waals surface area (Å²) in [7, 11) is 0. The van der Waals surface area contributed by atoms with E-state index in [1.54, 1.807) is 6.20 Å². The van der Waals surface area contributed by atoms with Crippen molar-refractivity contribution >= 4 is 16.6 Å². The first kappa shape index (κ1) is 9.73. The number of nitrogens with two attached hydrogens (primary N) is 1. The molecule has 2 rings (SSSR count). The number of ether oxygens (including phenoxy) is 1. The number of benzene rings is 1. The summed E-state index contributed by atoms with van der Waals surface area (Å²) in [6, 6.07) is 7.62. The molecule has 0 spiro atoms. The van der Waals surface area contributed by atoms with Crippen molar-refractivity contribution in [3.8, 4) is 5.75 Å². The maximum Gasteiger partial charge on any atom is 0.145 e. The maximum absolute atomic E-state index is 5.49. The topological polar surface area (TPSA) is 60.2 Å². The van der Waals surface area contributed by atoms with Crippen LogP contribution in [-0.2, 0) is 0 Å². The van der Waals surface area contributed by atoms with Crippen LogP contribution < -0.4 is 16.0 Å². The van der Waals surface area contributed by atoms with Gasteiger partial charge in [0.25, 0.3) is 0 Å². The van der Waals surface area contributed by atoms with Gasteiger partial charge in [0.1, 0.15) is 11.3 Å². The summed E-state index contributed by atoms with van der Waals surface area (Å²) < 4.78 is 5.49. The number of hydrogen-bond acceptors (Lipinski definition) is 4. The lowest BCUT2D eigenvalue weighted by Gasteiger charge is -2.09. The molecule has 0 saturated carbocycles. The zero-order chi connectivity index (χ0) is 10.7. The molecule has 0 amide bonds. The van der Waals surface area contributed by atoms with E-state index in [-0.39, 0.29) is 0 Å². The highest BCUT2D eigenvalue weighted by Gasteiger charge is 2.05. The van der Waals surface area contributed by atoms with E-state index in [0.717, 1.165) is 22.3 Å². The summed E-state index contributed by atoms with van der Waals surface area (Å²) >= 11 is 0. The van der Waals surface area contributed by atoms with Gasteiger partial charge >= 0.3 is 0 Å². The van der Waals surface area contributed by atoms with Gasteiger partial charge in [-0.3, -0.25) is 10.8 Å². The highest BCUT2D eigenvalue weighted by atomic mass is 16.5. The van der Waals surface area contributed by atoms with Crippen molar-refractivity contribution < 1.29 is 4.74 Å². The second kappa shape index (κ2) is 4.14. The fourth-order valence-corrected chi connectivity index (χ4v) is 1.55. The van der Waals surface area contributed by atoms with Crippen LogP contribution in [-0.4, -0.2) is 11.6 Å². The van der Waals surface area contributed by atoms with Crippen molar-refractivity contribution in [1.82, 2.24) is 4.98 Å². The average Bonchev–Trinajstić information content (AvgIpc) is 2.29. The van der Waals surface area contributed by atoms with Crippen molar-refractivity contribution in [3.63, 3.8) is 0 Å². The van der Waals surface area contributed by atoms with Crippen LogP contribution in [0, 0.1) is 0 Å². The molecule has 0 radical (unpaired) electrons. The number of hydrazine groups is 1. The summed E-state index contributed by atoms with van der Waals surface area (Å²) in [5.41, 5.74) is 4.32. The van der Waals surface area contributed by atoms with Gasteiger partial charge in [-0.05, 0) is 19.1 Å². The summed E-state index contributed by atoms with van der Waals surface area (Å²) in [4.78, 5) is 4.29. The number of hydrogen-bond donors (Lipinski definition) is 2. The Morgan fingerprint density at radius 1 is 1.40 bits per heavy atom. The van der Waals surface area contributed by atoms with Crippen molar-refractivity contribution in [2.24, 2.45) is 5.84 Å². The Hall–Kier alpha value is -1.81. The second-order valence-corrected chi connectivity index (χ2v) is 3.09. The predicted octanol–water partition coefficient (Wildman–Crippen LogP) is 1.92. The molecule has 1 heterocycles. The molecule has 0 aliphatic heterocycles. The molecule has 78 valence electrons. The molecule has 0 unspecified atom stereocenters. The summed E-state index contributed by atoms with van der Waals surface area (Å²) in [6.45, 7) is 2.57. The highest BCUT2D eigenvalue weighted by Crippen LogP contribution is 2.28. The van der Waals surface area contributed by atoms with Crippen molar-refractivity contribution in [2.75, 3.05) is 12.0 Å². The van der Waals surface area contributed by atoms with Crippen LogP contribution >= 0.6 is 0 Å². The summed E-state index contributed by atoms with van der Waals surface area (Å²) in [5, 5.41) is 0.964. The number of nitrogens with one attached hydrogen (secondary N) is 1. The van der Waals surface area contributed by atoms with Crippen LogP contribution in [0.25, 0.3) is 10.9 Å². The number of rotatable bonds is 3. The molecule has 0 aliphatic carbocycles. The molecule has 0 aliphatic rings. The fourth-order valence-electron chi connectivity index (χ4n) is 1.55. The maximum atomic E-state index is 5.49. The van der Waals surface area contributed by atoms with Crippen LogP contribution in [0.15, 0.2) is 30.5 Å². The monoisotopic (exact) mass is 203 g/mol. The standard InChI is InChI=1S/C11H13N3O/c1-2-15-10-5-3-4-8-9(14-12)6-7-13-11(8)10/h3-7H,2,12H2,1H3,(H,13,14). The van der Waals surface area contributed by atoms with Crippen LogP contribution in [0.3, 0.4) is 0 Å². The third-order valence-electron chi connectivity index (χ3n) is 2.19. The van der Waals surface area contributed by atoms with E-state index in [2.05, 4.69) is 10.4 Å². The molecule has 1 aromatic heterocycles. The molecule has 0 bridgehead atoms. The van der Waals surface area contributed by atoms with Gasteiger partial charge < -0.3 is 10.2 Å². The van der Waals surface area contributed by atoms with E-state index in [1.165, 1.54) is 0 Å². The fraction of sp³-hybridized carbons (Fsp3) is 0.182. The Kier molecular flexibility index (Phi) is 2.69. The minimum absolute atomic E-state index is 0.626. The van der Waals surface area contributed by atoms with E-state index < -0.39 is 0 Å². The number of anilines is 1. The summed E-state index contributed by atoms with van der Waals surface area (Å²) in [5.74, 6) is 6.21. The number of nitrogen functional groups attached to an aromatic ring is 1. The van der Waals surface area contributed by atoms with Gasteiger partial charge in [-0.25, -0.2) is 0 Å². The third-order valence-corrected chi connectivity index (χ3v) is 2.19. The lowest BCUT2D eigenvalue weighted by Crippen LogP contribution is -2.07. The zero-order valence-electron chi connectivity index (χ0n) is 8.53. The predicted molar refractivity (Wildman–Crippen MR) is 60.7 cm³/mol. The van der Waals surface area contributed by atoms with Crippen LogP contribution in [0.4, 0.5) is 5.69 Å². The number of fused-ring (bicyclic) bond motifs is 1. The van der Waals surface area contributed by atoms with Crippen LogP contribution in [0.1, 0.15) is 6.92 Å². The van der Waals surface area contributed by atoms with Gasteiger partial charge in [0.05, 0.1) is 12.3 Å². The van der Waals surface area contributed by atoms with E-state index in [9.17, 15) is 0 Å². The molecular formula is C11H13N3O. The Labute approximate surface area is 88.0 Å². The molecule has 4 heteroatoms. The Morgan fingerprint density at radius 3 is 3.00 bits per heavy atom. The Balaban J connectivity index is 2.65. The van der Waals surface area contributed by atoms with Gasteiger partial charge in [0, 0.05) is 11.6 Å². The van der Waals surface area contributed by atoms with E-state index in [4.69, 9.17) is 10.6 Å². The molecule has 0 saturated heterocycles.